The van der Waals surface area contributed by atoms with Gasteiger partial charge in [-0.15, -0.1) is 12.4 Å². The molecule has 0 radical (unpaired) electrons. The maximum atomic E-state index is 11.8. The molecule has 1 aliphatic heterocycles. The minimum absolute atomic E-state index is 0. The summed E-state index contributed by atoms with van der Waals surface area (Å²) in [6.45, 7) is 2.60. The molecule has 2 rings (SSSR count). The van der Waals surface area contributed by atoms with Crippen LogP contribution in [0, 0.1) is 5.92 Å². The maximum Gasteiger partial charge on any atom is 0.245 e. The lowest BCUT2D eigenvalue weighted by atomic mass is 9.96. The van der Waals surface area contributed by atoms with Gasteiger partial charge in [-0.25, -0.2) is 0 Å². The van der Waals surface area contributed by atoms with E-state index in [1.54, 1.807) is 18.7 Å². The summed E-state index contributed by atoms with van der Waals surface area (Å²) in [6.07, 6.45) is 2.14. The Morgan fingerprint density at radius 1 is 1.67 bits per heavy atom. The van der Waals surface area contributed by atoms with Crippen molar-refractivity contribution in [1.82, 2.24) is 5.32 Å². The van der Waals surface area contributed by atoms with Crippen LogP contribution in [0.2, 0.25) is 0 Å². The van der Waals surface area contributed by atoms with Gasteiger partial charge in [0.05, 0.1) is 12.1 Å². The number of aliphatic imine (C=N–C) groups is 1. The highest BCUT2D eigenvalue weighted by molar-refractivity contribution is 8.14. The van der Waals surface area contributed by atoms with E-state index in [1.807, 2.05) is 0 Å². The van der Waals surface area contributed by atoms with E-state index in [-0.39, 0.29) is 18.3 Å². The van der Waals surface area contributed by atoms with Crippen LogP contribution in [-0.4, -0.2) is 28.9 Å². The fourth-order valence-electron chi connectivity index (χ4n) is 1.51. The number of rotatable bonds is 2. The third-order valence-electron chi connectivity index (χ3n) is 2.72. The molecule has 1 unspecified atom stereocenters. The van der Waals surface area contributed by atoms with Gasteiger partial charge >= 0.3 is 0 Å². The molecule has 4 nitrogen and oxygen atoms in total. The first-order valence-electron chi connectivity index (χ1n) is 4.88. The van der Waals surface area contributed by atoms with E-state index in [0.717, 1.165) is 30.3 Å². The van der Waals surface area contributed by atoms with Crippen molar-refractivity contribution in [3.63, 3.8) is 0 Å². The predicted molar refractivity (Wildman–Crippen MR) is 65.5 cm³/mol. The minimum atomic E-state index is -0.717. The van der Waals surface area contributed by atoms with Crippen molar-refractivity contribution in [1.29, 1.82) is 0 Å². The summed E-state index contributed by atoms with van der Waals surface area (Å²) in [4.78, 5) is 15.9. The molecule has 0 saturated heterocycles. The molecular formula is C9H16ClN3OS. The number of carbonyl (C=O) groups excluding carboxylic acids is 1. The Morgan fingerprint density at radius 2 is 2.33 bits per heavy atom. The molecular weight excluding hydrogens is 234 g/mol. The molecule has 6 heteroatoms. The number of carbonyl (C=O) groups is 1. The fourth-order valence-corrected chi connectivity index (χ4v) is 2.23. The van der Waals surface area contributed by atoms with Gasteiger partial charge in [-0.3, -0.25) is 9.79 Å². The molecule has 0 aromatic heterocycles. The second-order valence-corrected chi connectivity index (χ2v) is 5.13. The number of amidine groups is 1. The number of hydrogen-bond acceptors (Lipinski definition) is 4. The lowest BCUT2D eigenvalue weighted by molar-refractivity contribution is -0.124. The normalized spacial score (nSPS) is 23.7. The van der Waals surface area contributed by atoms with Crippen molar-refractivity contribution in [2.24, 2.45) is 16.6 Å². The number of nitrogens with two attached hydrogens (primary N) is 1. The van der Waals surface area contributed by atoms with Gasteiger partial charge in [-0.2, -0.15) is 0 Å². The van der Waals surface area contributed by atoms with Crippen LogP contribution in [0.4, 0.5) is 0 Å². The molecule has 15 heavy (non-hydrogen) atoms. The first kappa shape index (κ1) is 12.8. The average molecular weight is 250 g/mol. The number of thioether (sulfide) groups is 1. The lowest BCUT2D eigenvalue weighted by Gasteiger charge is -2.22. The quantitative estimate of drug-likeness (QED) is 0.759. The van der Waals surface area contributed by atoms with E-state index in [2.05, 4.69) is 10.3 Å². The van der Waals surface area contributed by atoms with Crippen LogP contribution in [-0.2, 0) is 4.79 Å². The standard InChI is InChI=1S/C9H15N3OS.ClH/c1-9(10,6-2-3-6)7(13)12-8-11-4-5-14-8;/h6H,2-5,10H2,1H3,(H,11,12,13);1H. The summed E-state index contributed by atoms with van der Waals surface area (Å²) in [6, 6.07) is 0. The highest BCUT2D eigenvalue weighted by Crippen LogP contribution is 2.38. The number of hydrogen-bond donors (Lipinski definition) is 2. The van der Waals surface area contributed by atoms with Crippen LogP contribution in [0.3, 0.4) is 0 Å². The largest absolute Gasteiger partial charge is 0.317 e. The Balaban J connectivity index is 0.00000112. The predicted octanol–water partition coefficient (Wildman–Crippen LogP) is 0.755. The summed E-state index contributed by atoms with van der Waals surface area (Å²) in [5.74, 6) is 1.23. The molecule has 2 aliphatic rings. The molecule has 0 aromatic carbocycles. The second-order valence-electron chi connectivity index (χ2n) is 4.05. The van der Waals surface area contributed by atoms with Crippen LogP contribution in [0.1, 0.15) is 19.8 Å². The van der Waals surface area contributed by atoms with Crippen molar-refractivity contribution in [2.45, 2.75) is 25.3 Å². The van der Waals surface area contributed by atoms with E-state index in [9.17, 15) is 4.79 Å². The molecule has 1 atom stereocenters. The van der Waals surface area contributed by atoms with Crippen LogP contribution in [0.5, 0.6) is 0 Å². The zero-order valence-corrected chi connectivity index (χ0v) is 10.3. The monoisotopic (exact) mass is 249 g/mol. The summed E-state index contributed by atoms with van der Waals surface area (Å²) >= 11 is 1.58. The maximum absolute atomic E-state index is 11.8. The number of nitrogens with one attached hydrogen (secondary N) is 1. The van der Waals surface area contributed by atoms with Crippen molar-refractivity contribution in [3.05, 3.63) is 0 Å². The van der Waals surface area contributed by atoms with Crippen molar-refractivity contribution >= 4 is 35.2 Å². The molecule has 1 amide bonds. The summed E-state index contributed by atoms with van der Waals surface area (Å²) in [5.41, 5.74) is 5.25. The van der Waals surface area contributed by atoms with E-state index >= 15 is 0 Å². The number of nitrogens with zero attached hydrogens (tertiary/aromatic N) is 1. The first-order valence-corrected chi connectivity index (χ1v) is 5.87. The van der Waals surface area contributed by atoms with Gasteiger partial charge in [-0.05, 0) is 25.7 Å². The summed E-state index contributed by atoms with van der Waals surface area (Å²) < 4.78 is 0. The van der Waals surface area contributed by atoms with Gasteiger partial charge in [0.1, 0.15) is 0 Å². The molecule has 0 aromatic rings. The average Bonchev–Trinajstić information content (AvgIpc) is 2.88. The smallest absolute Gasteiger partial charge is 0.245 e. The van der Waals surface area contributed by atoms with Gasteiger partial charge in [0, 0.05) is 5.75 Å². The Kier molecular flexibility index (Phi) is 4.03. The summed E-state index contributed by atoms with van der Waals surface area (Å²) in [7, 11) is 0. The van der Waals surface area contributed by atoms with Crippen molar-refractivity contribution in [3.8, 4) is 0 Å². The van der Waals surface area contributed by atoms with Crippen molar-refractivity contribution < 1.29 is 4.79 Å². The third-order valence-corrected chi connectivity index (χ3v) is 3.61. The number of halogens is 1. The molecule has 1 saturated carbocycles. The second kappa shape index (κ2) is 4.72. The number of amides is 1. The van der Waals surface area contributed by atoms with Crippen LogP contribution < -0.4 is 11.1 Å². The Bertz CT molecular complexity index is 289. The van der Waals surface area contributed by atoms with Gasteiger partial charge in [0.25, 0.3) is 0 Å². The molecule has 1 heterocycles. The lowest BCUT2D eigenvalue weighted by Crippen LogP contribution is -2.54. The molecule has 1 aliphatic carbocycles. The highest BCUT2D eigenvalue weighted by Gasteiger charge is 2.44. The topological polar surface area (TPSA) is 67.5 Å². The molecule has 0 bridgehead atoms. The van der Waals surface area contributed by atoms with E-state index in [1.165, 1.54) is 0 Å². The summed E-state index contributed by atoms with van der Waals surface area (Å²) in [5, 5.41) is 3.52. The molecule has 1 fully saturated rings. The Hall–Kier alpha value is -0.260. The Morgan fingerprint density at radius 3 is 2.80 bits per heavy atom. The third kappa shape index (κ3) is 2.86. The highest BCUT2D eigenvalue weighted by atomic mass is 35.5. The van der Waals surface area contributed by atoms with E-state index in [0.29, 0.717) is 5.92 Å². The van der Waals surface area contributed by atoms with Crippen LogP contribution in [0.25, 0.3) is 0 Å². The zero-order valence-electron chi connectivity index (χ0n) is 8.66. The van der Waals surface area contributed by atoms with E-state index in [4.69, 9.17) is 5.73 Å². The van der Waals surface area contributed by atoms with Gasteiger partial charge in [-0.1, -0.05) is 11.8 Å². The molecule has 0 spiro atoms. The van der Waals surface area contributed by atoms with Gasteiger partial charge in [0.15, 0.2) is 5.17 Å². The van der Waals surface area contributed by atoms with Gasteiger partial charge in [0.2, 0.25) is 5.91 Å². The van der Waals surface area contributed by atoms with E-state index < -0.39 is 5.54 Å². The minimum Gasteiger partial charge on any atom is -0.317 e. The molecule has 86 valence electrons. The van der Waals surface area contributed by atoms with Gasteiger partial charge < -0.3 is 11.1 Å². The zero-order chi connectivity index (χ0) is 10.2. The van der Waals surface area contributed by atoms with Crippen molar-refractivity contribution in [2.75, 3.05) is 12.3 Å². The molecule has 3 N–H and O–H groups in total. The van der Waals surface area contributed by atoms with Crippen LogP contribution >= 0.6 is 24.2 Å². The van der Waals surface area contributed by atoms with Crippen LogP contribution in [0.15, 0.2) is 4.99 Å². The Labute approximate surface area is 99.9 Å². The first-order chi connectivity index (χ1) is 6.60. The SMILES string of the molecule is CC(N)(C(=O)NC1=NCCS1)C1CC1.Cl. The fraction of sp³-hybridized carbons (Fsp3) is 0.778.